The van der Waals surface area contributed by atoms with E-state index in [1.807, 2.05) is 0 Å². The van der Waals surface area contributed by atoms with Crippen LogP contribution in [0.4, 0.5) is 20.4 Å². The molecule has 0 amide bonds. The molecule has 0 spiro atoms. The standard InChI is InChI=1S/C21H15ClF2N4O2S/c1-11-8-15(23)18(12-6-7-16-13(9-12)10-26-21(25)27-16)19(24)20(11)28-31(29,30)17-5-3-2-4-14(17)22/h2-10,28H,1H3,(H2,25,26,27). The molecule has 0 atom stereocenters. The van der Waals surface area contributed by atoms with E-state index in [9.17, 15) is 12.8 Å². The third kappa shape index (κ3) is 3.89. The third-order valence-corrected chi connectivity index (χ3v) is 6.51. The molecule has 3 aromatic carbocycles. The lowest BCUT2D eigenvalue weighted by atomic mass is 10.00. The zero-order valence-corrected chi connectivity index (χ0v) is 17.6. The van der Waals surface area contributed by atoms with Crippen molar-refractivity contribution in [2.45, 2.75) is 11.8 Å². The molecule has 0 fully saturated rings. The lowest BCUT2D eigenvalue weighted by Gasteiger charge is -2.16. The zero-order chi connectivity index (χ0) is 22.3. The van der Waals surface area contributed by atoms with Gasteiger partial charge in [-0.25, -0.2) is 27.2 Å². The largest absolute Gasteiger partial charge is 0.368 e. The summed E-state index contributed by atoms with van der Waals surface area (Å²) in [5.74, 6) is -1.82. The smallest absolute Gasteiger partial charge is 0.263 e. The fraction of sp³-hybridized carbons (Fsp3) is 0.0476. The minimum Gasteiger partial charge on any atom is -0.368 e. The highest BCUT2D eigenvalue weighted by Crippen LogP contribution is 2.36. The Labute approximate surface area is 181 Å². The van der Waals surface area contributed by atoms with Crippen LogP contribution in [0.5, 0.6) is 0 Å². The maximum Gasteiger partial charge on any atom is 0.263 e. The number of rotatable bonds is 4. The highest BCUT2D eigenvalue weighted by Gasteiger charge is 2.24. The summed E-state index contributed by atoms with van der Waals surface area (Å²) in [6.45, 7) is 1.40. The Morgan fingerprint density at radius 1 is 1.10 bits per heavy atom. The van der Waals surface area contributed by atoms with E-state index in [-0.39, 0.29) is 38.2 Å². The highest BCUT2D eigenvalue weighted by molar-refractivity contribution is 7.92. The van der Waals surface area contributed by atoms with Gasteiger partial charge in [0, 0.05) is 11.6 Å². The lowest BCUT2D eigenvalue weighted by molar-refractivity contribution is 0.586. The van der Waals surface area contributed by atoms with Crippen LogP contribution in [0, 0.1) is 18.6 Å². The first kappa shape index (κ1) is 21.0. The van der Waals surface area contributed by atoms with E-state index in [0.29, 0.717) is 10.9 Å². The molecule has 1 aromatic heterocycles. The maximum atomic E-state index is 15.4. The molecule has 0 aliphatic rings. The number of sulfonamides is 1. The molecule has 158 valence electrons. The van der Waals surface area contributed by atoms with Crippen molar-refractivity contribution < 1.29 is 17.2 Å². The maximum absolute atomic E-state index is 15.4. The first-order valence-electron chi connectivity index (χ1n) is 8.96. The van der Waals surface area contributed by atoms with Gasteiger partial charge in [0.2, 0.25) is 5.95 Å². The number of nitrogens with one attached hydrogen (secondary N) is 1. The fourth-order valence-corrected chi connectivity index (χ4v) is 4.83. The SMILES string of the molecule is Cc1cc(F)c(-c2ccc3nc(N)ncc3c2)c(F)c1NS(=O)(=O)c1ccccc1Cl. The van der Waals surface area contributed by atoms with E-state index in [1.165, 1.54) is 43.5 Å². The minimum absolute atomic E-state index is 0.0239. The van der Waals surface area contributed by atoms with E-state index < -0.39 is 21.7 Å². The number of aromatic nitrogens is 2. The van der Waals surface area contributed by atoms with Crippen molar-refractivity contribution in [2.75, 3.05) is 10.5 Å². The third-order valence-electron chi connectivity index (χ3n) is 4.67. The number of fused-ring (bicyclic) bond motifs is 1. The molecule has 3 N–H and O–H groups in total. The Balaban J connectivity index is 1.85. The van der Waals surface area contributed by atoms with Crippen LogP contribution in [0.3, 0.4) is 0 Å². The lowest BCUT2D eigenvalue weighted by Crippen LogP contribution is -2.16. The highest BCUT2D eigenvalue weighted by atomic mass is 35.5. The average molecular weight is 461 g/mol. The summed E-state index contributed by atoms with van der Waals surface area (Å²) in [5.41, 5.74) is 5.57. The van der Waals surface area contributed by atoms with Crippen molar-refractivity contribution in [3.63, 3.8) is 0 Å². The van der Waals surface area contributed by atoms with Crippen molar-refractivity contribution >= 4 is 44.2 Å². The van der Waals surface area contributed by atoms with E-state index in [2.05, 4.69) is 14.7 Å². The summed E-state index contributed by atoms with van der Waals surface area (Å²) in [7, 11) is -4.22. The van der Waals surface area contributed by atoms with Gasteiger partial charge in [-0.05, 0) is 48.4 Å². The molecule has 0 radical (unpaired) electrons. The summed E-state index contributed by atoms with van der Waals surface area (Å²) < 4.78 is 58.0. The number of anilines is 2. The van der Waals surface area contributed by atoms with Crippen molar-refractivity contribution in [3.8, 4) is 11.1 Å². The molecule has 6 nitrogen and oxygen atoms in total. The summed E-state index contributed by atoms with van der Waals surface area (Å²) in [6.07, 6.45) is 1.44. The monoisotopic (exact) mass is 460 g/mol. The predicted octanol–water partition coefficient (Wildman–Crippen LogP) is 4.92. The zero-order valence-electron chi connectivity index (χ0n) is 16.0. The second-order valence-electron chi connectivity index (χ2n) is 6.78. The molecule has 1 heterocycles. The predicted molar refractivity (Wildman–Crippen MR) is 116 cm³/mol. The number of halogens is 3. The van der Waals surface area contributed by atoms with Gasteiger partial charge in [-0.3, -0.25) is 4.72 Å². The average Bonchev–Trinajstić information content (AvgIpc) is 2.71. The van der Waals surface area contributed by atoms with Gasteiger partial charge in [0.05, 0.1) is 21.8 Å². The molecule has 0 saturated carbocycles. The van der Waals surface area contributed by atoms with Crippen molar-refractivity contribution in [1.29, 1.82) is 0 Å². The Morgan fingerprint density at radius 2 is 1.84 bits per heavy atom. The van der Waals surface area contributed by atoms with Gasteiger partial charge in [0.25, 0.3) is 10.0 Å². The van der Waals surface area contributed by atoms with Gasteiger partial charge >= 0.3 is 0 Å². The first-order chi connectivity index (χ1) is 14.7. The number of nitrogens with zero attached hydrogens (tertiary/aromatic N) is 2. The molecule has 0 unspecified atom stereocenters. The second-order valence-corrected chi connectivity index (χ2v) is 8.84. The summed E-state index contributed by atoms with van der Waals surface area (Å²) in [5, 5.41) is 0.494. The summed E-state index contributed by atoms with van der Waals surface area (Å²) in [6, 6.07) is 11.3. The molecule has 0 aliphatic heterocycles. The quantitative estimate of drug-likeness (QED) is 0.450. The van der Waals surface area contributed by atoms with Gasteiger partial charge in [-0.15, -0.1) is 0 Å². The van der Waals surface area contributed by atoms with Crippen LogP contribution in [0.25, 0.3) is 22.0 Å². The van der Waals surface area contributed by atoms with Gasteiger partial charge in [0.15, 0.2) is 5.82 Å². The number of benzene rings is 3. The minimum atomic E-state index is -4.22. The molecule has 10 heteroatoms. The molecule has 0 bridgehead atoms. The van der Waals surface area contributed by atoms with Gasteiger partial charge in [0.1, 0.15) is 10.7 Å². The molecule has 4 aromatic rings. The van der Waals surface area contributed by atoms with Gasteiger partial charge in [-0.2, -0.15) is 0 Å². The van der Waals surface area contributed by atoms with E-state index >= 15 is 4.39 Å². The van der Waals surface area contributed by atoms with Crippen LogP contribution in [0.15, 0.2) is 59.6 Å². The molecule has 4 rings (SSSR count). The van der Waals surface area contributed by atoms with Crippen molar-refractivity contribution in [1.82, 2.24) is 9.97 Å². The first-order valence-corrected chi connectivity index (χ1v) is 10.8. The molecular formula is C21H15ClF2N4O2S. The Morgan fingerprint density at radius 3 is 2.58 bits per heavy atom. The molecule has 0 aliphatic carbocycles. The van der Waals surface area contributed by atoms with Crippen LogP contribution in [-0.4, -0.2) is 18.4 Å². The van der Waals surface area contributed by atoms with Crippen LogP contribution in [-0.2, 0) is 10.0 Å². The fourth-order valence-electron chi connectivity index (χ4n) is 3.18. The van der Waals surface area contributed by atoms with Gasteiger partial charge in [-0.1, -0.05) is 29.8 Å². The Hall–Kier alpha value is -3.30. The van der Waals surface area contributed by atoms with Crippen LogP contribution < -0.4 is 10.5 Å². The Bertz CT molecular complexity index is 1450. The number of nitrogen functional groups attached to an aromatic ring is 1. The molecular weight excluding hydrogens is 446 g/mol. The summed E-state index contributed by atoms with van der Waals surface area (Å²) in [4.78, 5) is 7.72. The summed E-state index contributed by atoms with van der Waals surface area (Å²) >= 11 is 5.98. The van der Waals surface area contributed by atoms with Crippen LogP contribution >= 0.6 is 11.6 Å². The number of hydrogen-bond donors (Lipinski definition) is 2. The Kier molecular flexibility index (Phi) is 5.24. The van der Waals surface area contributed by atoms with Crippen molar-refractivity contribution in [3.05, 3.63) is 76.9 Å². The number of nitrogens with two attached hydrogens (primary N) is 1. The topological polar surface area (TPSA) is 98.0 Å². The van der Waals surface area contributed by atoms with E-state index in [4.69, 9.17) is 17.3 Å². The van der Waals surface area contributed by atoms with Crippen LogP contribution in [0.2, 0.25) is 5.02 Å². The van der Waals surface area contributed by atoms with Gasteiger partial charge < -0.3 is 5.73 Å². The van der Waals surface area contributed by atoms with Crippen LogP contribution in [0.1, 0.15) is 5.56 Å². The molecule has 0 saturated heterocycles. The van der Waals surface area contributed by atoms with Crippen molar-refractivity contribution in [2.24, 2.45) is 0 Å². The van der Waals surface area contributed by atoms with E-state index in [1.54, 1.807) is 12.1 Å². The number of hydrogen-bond acceptors (Lipinski definition) is 5. The normalized spacial score (nSPS) is 11.6. The van der Waals surface area contributed by atoms with E-state index in [0.717, 1.165) is 6.07 Å². The second kappa shape index (κ2) is 7.75. The number of aryl methyl sites for hydroxylation is 1. The molecule has 31 heavy (non-hydrogen) atoms.